The Bertz CT molecular complexity index is 1630. The van der Waals surface area contributed by atoms with Crippen molar-refractivity contribution in [2.45, 2.75) is 19.0 Å². The number of para-hydroxylation sites is 2. The maximum absolute atomic E-state index is 14.2. The van der Waals surface area contributed by atoms with Gasteiger partial charge in [0.1, 0.15) is 5.82 Å². The largest absolute Gasteiger partial charge is 0.467 e. The van der Waals surface area contributed by atoms with Gasteiger partial charge in [0.2, 0.25) is 5.88 Å². The van der Waals surface area contributed by atoms with Crippen molar-refractivity contribution in [1.29, 1.82) is 0 Å². The fourth-order valence-corrected chi connectivity index (χ4v) is 4.25. The Labute approximate surface area is 221 Å². The SMILES string of the molecule is O=C(COc1cc(C(F)(F)F)c2c(=O)cc(Nc3ccccc3)n(-c3ccccc3)c2n1)NC1=CC=CCC1. The van der Waals surface area contributed by atoms with Crippen LogP contribution in [0.4, 0.5) is 24.7 Å². The van der Waals surface area contributed by atoms with Crippen LogP contribution >= 0.6 is 0 Å². The molecule has 1 amide bonds. The predicted molar refractivity (Wildman–Crippen MR) is 142 cm³/mol. The molecule has 2 N–H and O–H groups in total. The van der Waals surface area contributed by atoms with Crippen molar-refractivity contribution >= 4 is 28.4 Å². The minimum atomic E-state index is -4.89. The summed E-state index contributed by atoms with van der Waals surface area (Å²) in [5, 5.41) is 5.18. The molecule has 0 unspecified atom stereocenters. The van der Waals surface area contributed by atoms with Gasteiger partial charge in [-0.2, -0.15) is 18.2 Å². The van der Waals surface area contributed by atoms with E-state index in [0.717, 1.165) is 12.5 Å². The highest BCUT2D eigenvalue weighted by Gasteiger charge is 2.36. The fourth-order valence-electron chi connectivity index (χ4n) is 4.25. The maximum Gasteiger partial charge on any atom is 0.417 e. The van der Waals surface area contributed by atoms with Gasteiger partial charge in [-0.05, 0) is 43.2 Å². The lowest BCUT2D eigenvalue weighted by atomic mass is 10.1. The molecule has 0 saturated heterocycles. The number of alkyl halides is 3. The second kappa shape index (κ2) is 10.9. The number of carbonyl (C=O) groups is 1. The van der Waals surface area contributed by atoms with Crippen molar-refractivity contribution in [2.24, 2.45) is 0 Å². The molecule has 0 saturated carbocycles. The number of carbonyl (C=O) groups excluding carboxylic acids is 1. The molecule has 7 nitrogen and oxygen atoms in total. The average Bonchev–Trinajstić information content (AvgIpc) is 2.93. The van der Waals surface area contributed by atoms with E-state index in [4.69, 9.17) is 4.74 Å². The van der Waals surface area contributed by atoms with E-state index in [1.165, 1.54) is 4.57 Å². The first kappa shape index (κ1) is 25.8. The summed E-state index contributed by atoms with van der Waals surface area (Å²) in [6.45, 7) is -0.561. The Balaban J connectivity index is 1.63. The quantitative estimate of drug-likeness (QED) is 0.311. The average molecular weight is 533 g/mol. The van der Waals surface area contributed by atoms with Crippen LogP contribution in [0.2, 0.25) is 0 Å². The summed E-state index contributed by atoms with van der Waals surface area (Å²) >= 11 is 0. The smallest absolute Gasteiger partial charge is 0.417 e. The third-order valence-corrected chi connectivity index (χ3v) is 5.97. The molecule has 2 heterocycles. The minimum absolute atomic E-state index is 0.206. The maximum atomic E-state index is 14.2. The Morgan fingerprint density at radius 1 is 1.03 bits per heavy atom. The van der Waals surface area contributed by atoms with Gasteiger partial charge in [0.25, 0.3) is 5.91 Å². The minimum Gasteiger partial charge on any atom is -0.467 e. The Morgan fingerprint density at radius 3 is 2.41 bits per heavy atom. The van der Waals surface area contributed by atoms with E-state index in [1.807, 2.05) is 18.2 Å². The molecule has 1 aliphatic carbocycles. The van der Waals surface area contributed by atoms with Crippen LogP contribution in [0.3, 0.4) is 0 Å². The summed E-state index contributed by atoms with van der Waals surface area (Å²) in [6.07, 6.45) is 2.03. The summed E-state index contributed by atoms with van der Waals surface area (Å²) in [7, 11) is 0. The van der Waals surface area contributed by atoms with E-state index in [0.29, 0.717) is 29.6 Å². The molecule has 0 fully saturated rings. The number of aromatic nitrogens is 2. The molecule has 0 atom stereocenters. The number of hydrogen-bond donors (Lipinski definition) is 2. The summed E-state index contributed by atoms with van der Waals surface area (Å²) in [5.74, 6) is -0.770. The molecule has 198 valence electrons. The predicted octanol–water partition coefficient (Wildman–Crippen LogP) is 5.88. The van der Waals surface area contributed by atoms with E-state index < -0.39 is 40.9 Å². The van der Waals surface area contributed by atoms with Gasteiger partial charge in [0.15, 0.2) is 17.7 Å². The third-order valence-electron chi connectivity index (χ3n) is 5.97. The Morgan fingerprint density at radius 2 is 1.74 bits per heavy atom. The number of halogens is 3. The van der Waals surface area contributed by atoms with Crippen LogP contribution in [0.15, 0.2) is 102 Å². The molecular weight excluding hydrogens is 509 g/mol. The highest BCUT2D eigenvalue weighted by atomic mass is 19.4. The Kier molecular flexibility index (Phi) is 7.18. The zero-order chi connectivity index (χ0) is 27.4. The van der Waals surface area contributed by atoms with Gasteiger partial charge < -0.3 is 15.4 Å². The van der Waals surface area contributed by atoms with Gasteiger partial charge in [0, 0.05) is 29.2 Å². The van der Waals surface area contributed by atoms with Gasteiger partial charge in [-0.15, -0.1) is 0 Å². The molecule has 1 aliphatic rings. The highest BCUT2D eigenvalue weighted by molar-refractivity contribution is 5.85. The first-order valence-electron chi connectivity index (χ1n) is 12.1. The number of rotatable bonds is 7. The van der Waals surface area contributed by atoms with Crippen LogP contribution in [0.5, 0.6) is 5.88 Å². The monoisotopic (exact) mass is 532 g/mol. The number of anilines is 2. The van der Waals surface area contributed by atoms with Gasteiger partial charge in [-0.25, -0.2) is 0 Å². The van der Waals surface area contributed by atoms with Crippen LogP contribution < -0.4 is 20.8 Å². The molecule has 39 heavy (non-hydrogen) atoms. The van der Waals surface area contributed by atoms with Crippen molar-refractivity contribution in [3.8, 4) is 11.6 Å². The normalized spacial score (nSPS) is 13.2. The molecule has 4 aromatic rings. The summed E-state index contributed by atoms with van der Waals surface area (Å²) in [4.78, 5) is 29.8. The van der Waals surface area contributed by atoms with E-state index in [1.54, 1.807) is 60.7 Å². The molecule has 0 aliphatic heterocycles. The van der Waals surface area contributed by atoms with Crippen molar-refractivity contribution in [2.75, 3.05) is 11.9 Å². The number of nitrogens with one attached hydrogen (secondary N) is 2. The zero-order valence-corrected chi connectivity index (χ0v) is 20.5. The topological polar surface area (TPSA) is 85.2 Å². The van der Waals surface area contributed by atoms with Gasteiger partial charge >= 0.3 is 6.18 Å². The number of pyridine rings is 2. The number of allylic oxidation sites excluding steroid dienone is 4. The fraction of sp³-hybridized carbons (Fsp3) is 0.138. The molecule has 0 bridgehead atoms. The molecule has 0 spiro atoms. The molecular formula is C29H23F3N4O3. The van der Waals surface area contributed by atoms with Gasteiger partial charge in [-0.3, -0.25) is 14.2 Å². The number of hydrogen-bond acceptors (Lipinski definition) is 5. The van der Waals surface area contributed by atoms with E-state index in [2.05, 4.69) is 15.6 Å². The van der Waals surface area contributed by atoms with Gasteiger partial charge in [-0.1, -0.05) is 48.6 Å². The van der Waals surface area contributed by atoms with E-state index >= 15 is 0 Å². The summed E-state index contributed by atoms with van der Waals surface area (Å²) in [5.41, 5.74) is -0.566. The number of fused-ring (bicyclic) bond motifs is 1. The van der Waals surface area contributed by atoms with Crippen LogP contribution in [0.1, 0.15) is 18.4 Å². The number of benzene rings is 2. The second-order valence-corrected chi connectivity index (χ2v) is 8.76. The number of ether oxygens (including phenoxy) is 1. The Hall–Kier alpha value is -4.86. The summed E-state index contributed by atoms with van der Waals surface area (Å²) in [6, 6.07) is 19.2. The third kappa shape index (κ3) is 5.85. The summed E-state index contributed by atoms with van der Waals surface area (Å²) < 4.78 is 49.5. The first-order chi connectivity index (χ1) is 18.8. The number of nitrogens with zero attached hydrogens (tertiary/aromatic N) is 2. The second-order valence-electron chi connectivity index (χ2n) is 8.76. The lowest BCUT2D eigenvalue weighted by molar-refractivity contribution is -0.136. The van der Waals surface area contributed by atoms with E-state index in [9.17, 15) is 22.8 Å². The molecule has 2 aromatic heterocycles. The molecule has 2 aromatic carbocycles. The molecule has 5 rings (SSSR count). The lowest BCUT2D eigenvalue weighted by Gasteiger charge is -2.20. The lowest BCUT2D eigenvalue weighted by Crippen LogP contribution is -2.29. The van der Waals surface area contributed by atoms with Crippen LogP contribution in [-0.4, -0.2) is 22.1 Å². The number of amides is 1. The van der Waals surface area contributed by atoms with Crippen LogP contribution in [0.25, 0.3) is 16.7 Å². The van der Waals surface area contributed by atoms with Gasteiger partial charge in [0.05, 0.1) is 10.9 Å². The van der Waals surface area contributed by atoms with Crippen molar-refractivity contribution in [3.63, 3.8) is 0 Å². The highest BCUT2D eigenvalue weighted by Crippen LogP contribution is 2.37. The van der Waals surface area contributed by atoms with Crippen LogP contribution in [-0.2, 0) is 11.0 Å². The van der Waals surface area contributed by atoms with Crippen molar-refractivity contribution in [3.05, 3.63) is 113 Å². The molecule has 0 radical (unpaired) electrons. The van der Waals surface area contributed by atoms with Crippen molar-refractivity contribution in [1.82, 2.24) is 14.9 Å². The van der Waals surface area contributed by atoms with Crippen molar-refractivity contribution < 1.29 is 22.7 Å². The zero-order valence-electron chi connectivity index (χ0n) is 20.5. The molecule has 10 heteroatoms. The van der Waals surface area contributed by atoms with E-state index in [-0.39, 0.29) is 11.5 Å². The first-order valence-corrected chi connectivity index (χ1v) is 12.1. The van der Waals surface area contributed by atoms with Crippen LogP contribution in [0, 0.1) is 0 Å². The standard InChI is InChI=1S/C29H23F3N4O3/c30-29(31,32)22-16-26(39-18-25(38)34-20-12-6-2-7-13-20)35-28-27(22)23(37)17-24(33-19-10-4-1-5-11-19)36(28)21-14-8-3-9-15-21/h1-6,8-12,14-17,33H,7,13,18H2,(H,34,38).